The number of aromatic nitrogens is 1. The zero-order chi connectivity index (χ0) is 13.7. The van der Waals surface area contributed by atoms with Gasteiger partial charge in [-0.1, -0.05) is 35.9 Å². The average molecular weight is 254 g/mol. The minimum Gasteiger partial charge on any atom is -0.313 e. The average Bonchev–Trinajstić information content (AvgIpc) is 2.41. The van der Waals surface area contributed by atoms with Crippen LogP contribution in [-0.2, 0) is 6.42 Å². The molecule has 0 aliphatic heterocycles. The van der Waals surface area contributed by atoms with Crippen LogP contribution >= 0.6 is 0 Å². The molecule has 0 saturated carbocycles. The Kier molecular flexibility index (Phi) is 4.69. The molecule has 0 aliphatic carbocycles. The van der Waals surface area contributed by atoms with E-state index in [1.165, 1.54) is 16.7 Å². The molecule has 0 spiro atoms. The first-order chi connectivity index (χ1) is 9.19. The van der Waals surface area contributed by atoms with Gasteiger partial charge in [-0.2, -0.15) is 0 Å². The normalized spacial score (nSPS) is 12.4. The molecule has 19 heavy (non-hydrogen) atoms. The number of pyridine rings is 1. The molecule has 2 heteroatoms. The lowest BCUT2D eigenvalue weighted by Crippen LogP contribution is -2.17. The van der Waals surface area contributed by atoms with Crippen LogP contribution in [0.1, 0.15) is 34.8 Å². The van der Waals surface area contributed by atoms with Crippen molar-refractivity contribution in [3.63, 3.8) is 0 Å². The lowest BCUT2D eigenvalue weighted by molar-refractivity contribution is 0.547. The molecule has 2 rings (SSSR count). The first-order valence-corrected chi connectivity index (χ1v) is 6.84. The van der Waals surface area contributed by atoms with E-state index in [1.54, 1.807) is 0 Å². The van der Waals surface area contributed by atoms with Gasteiger partial charge < -0.3 is 5.32 Å². The summed E-state index contributed by atoms with van der Waals surface area (Å²) in [6.07, 6.45) is 4.15. The summed E-state index contributed by atoms with van der Waals surface area (Å²) in [4.78, 5) is 4.38. The number of benzene rings is 1. The predicted molar refractivity (Wildman–Crippen MR) is 80.3 cm³/mol. The highest BCUT2D eigenvalue weighted by Crippen LogP contribution is 2.18. The molecule has 100 valence electrons. The largest absolute Gasteiger partial charge is 0.313 e. The second-order valence-corrected chi connectivity index (χ2v) is 5.10. The Bertz CT molecular complexity index is 517. The molecule has 0 aliphatic rings. The van der Waals surface area contributed by atoms with Crippen LogP contribution < -0.4 is 5.32 Å². The maximum absolute atomic E-state index is 4.38. The van der Waals surface area contributed by atoms with E-state index in [4.69, 9.17) is 0 Å². The summed E-state index contributed by atoms with van der Waals surface area (Å²) in [6, 6.07) is 13.3. The molecule has 1 atom stereocenters. The summed E-state index contributed by atoms with van der Waals surface area (Å²) in [5, 5.41) is 3.38. The van der Waals surface area contributed by atoms with Crippen LogP contribution in [0.2, 0.25) is 0 Å². The molecule has 0 amide bonds. The lowest BCUT2D eigenvalue weighted by Gasteiger charge is -2.16. The maximum Gasteiger partial charge on any atom is 0.0372 e. The van der Waals surface area contributed by atoms with Gasteiger partial charge in [0.15, 0.2) is 0 Å². The van der Waals surface area contributed by atoms with Crippen molar-refractivity contribution >= 4 is 0 Å². The molecular weight excluding hydrogens is 232 g/mol. The smallest absolute Gasteiger partial charge is 0.0372 e. The maximum atomic E-state index is 4.38. The Balaban J connectivity index is 2.01. The Labute approximate surface area is 115 Å². The Morgan fingerprint density at radius 2 is 2.00 bits per heavy atom. The van der Waals surface area contributed by atoms with E-state index >= 15 is 0 Å². The summed E-state index contributed by atoms with van der Waals surface area (Å²) >= 11 is 0. The minimum atomic E-state index is 0.369. The molecule has 1 aromatic carbocycles. The van der Waals surface area contributed by atoms with Crippen molar-refractivity contribution in [2.24, 2.45) is 0 Å². The number of aryl methyl sites for hydroxylation is 3. The minimum absolute atomic E-state index is 0.369. The fourth-order valence-corrected chi connectivity index (χ4v) is 2.34. The van der Waals surface area contributed by atoms with E-state index in [1.807, 2.05) is 20.2 Å². The molecule has 0 fully saturated rings. The molecule has 2 aromatic rings. The van der Waals surface area contributed by atoms with Crippen molar-refractivity contribution in [3.05, 3.63) is 65.0 Å². The van der Waals surface area contributed by atoms with Crippen molar-refractivity contribution in [1.29, 1.82) is 0 Å². The van der Waals surface area contributed by atoms with Crippen LogP contribution in [0.3, 0.4) is 0 Å². The molecule has 2 nitrogen and oxygen atoms in total. The third kappa shape index (κ3) is 3.90. The number of hydrogen-bond acceptors (Lipinski definition) is 2. The van der Waals surface area contributed by atoms with Crippen LogP contribution in [0.15, 0.2) is 42.6 Å². The highest BCUT2D eigenvalue weighted by atomic mass is 14.9. The first-order valence-electron chi connectivity index (χ1n) is 6.84. The van der Waals surface area contributed by atoms with E-state index in [9.17, 15) is 0 Å². The van der Waals surface area contributed by atoms with E-state index in [2.05, 4.69) is 53.6 Å². The van der Waals surface area contributed by atoms with Crippen molar-refractivity contribution in [2.45, 2.75) is 32.7 Å². The molecule has 1 heterocycles. The molecular formula is C17H22N2. The van der Waals surface area contributed by atoms with Gasteiger partial charge in [0.05, 0.1) is 0 Å². The highest BCUT2D eigenvalue weighted by Gasteiger charge is 2.09. The fraction of sp³-hybridized carbons (Fsp3) is 0.353. The van der Waals surface area contributed by atoms with Gasteiger partial charge in [0.1, 0.15) is 0 Å². The molecule has 1 N–H and O–H groups in total. The monoisotopic (exact) mass is 254 g/mol. The van der Waals surface area contributed by atoms with E-state index < -0.39 is 0 Å². The van der Waals surface area contributed by atoms with E-state index in [0.717, 1.165) is 18.5 Å². The van der Waals surface area contributed by atoms with Gasteiger partial charge in [-0.05, 0) is 50.9 Å². The highest BCUT2D eigenvalue weighted by molar-refractivity contribution is 5.23. The summed E-state index contributed by atoms with van der Waals surface area (Å²) in [5.74, 6) is 0. The molecule has 0 radical (unpaired) electrons. The summed E-state index contributed by atoms with van der Waals surface area (Å²) in [6.45, 7) is 4.16. The number of rotatable bonds is 5. The van der Waals surface area contributed by atoms with Crippen molar-refractivity contribution < 1.29 is 0 Å². The topological polar surface area (TPSA) is 24.9 Å². The van der Waals surface area contributed by atoms with Crippen molar-refractivity contribution in [1.82, 2.24) is 10.3 Å². The zero-order valence-electron chi connectivity index (χ0n) is 12.0. The molecule has 0 saturated heterocycles. The number of nitrogens with one attached hydrogen (secondary N) is 1. The first kappa shape index (κ1) is 13.8. The van der Waals surface area contributed by atoms with Gasteiger partial charge in [-0.15, -0.1) is 0 Å². The van der Waals surface area contributed by atoms with Crippen LogP contribution in [0, 0.1) is 13.8 Å². The van der Waals surface area contributed by atoms with Crippen LogP contribution in [-0.4, -0.2) is 12.0 Å². The SMILES string of the molecule is CNC(CCc1cccc(C)c1)c1ccc(C)nc1. The molecule has 0 bridgehead atoms. The van der Waals surface area contributed by atoms with Gasteiger partial charge in [0.25, 0.3) is 0 Å². The summed E-state index contributed by atoms with van der Waals surface area (Å²) in [5.41, 5.74) is 5.06. The van der Waals surface area contributed by atoms with Gasteiger partial charge >= 0.3 is 0 Å². The lowest BCUT2D eigenvalue weighted by atomic mass is 9.99. The summed E-state index contributed by atoms with van der Waals surface area (Å²) < 4.78 is 0. The van der Waals surface area contributed by atoms with Gasteiger partial charge in [-0.3, -0.25) is 4.98 Å². The molecule has 1 aromatic heterocycles. The second kappa shape index (κ2) is 6.48. The van der Waals surface area contributed by atoms with Crippen LogP contribution in [0.25, 0.3) is 0 Å². The van der Waals surface area contributed by atoms with Crippen molar-refractivity contribution in [2.75, 3.05) is 7.05 Å². The summed E-state index contributed by atoms with van der Waals surface area (Å²) in [7, 11) is 2.01. The second-order valence-electron chi connectivity index (χ2n) is 5.10. The third-order valence-electron chi connectivity index (χ3n) is 3.49. The third-order valence-corrected chi connectivity index (χ3v) is 3.49. The van der Waals surface area contributed by atoms with Crippen molar-refractivity contribution in [3.8, 4) is 0 Å². The Morgan fingerprint density at radius 3 is 2.63 bits per heavy atom. The van der Waals surface area contributed by atoms with E-state index in [-0.39, 0.29) is 0 Å². The van der Waals surface area contributed by atoms with Gasteiger partial charge in [0, 0.05) is 17.9 Å². The predicted octanol–water partition coefficient (Wildman–Crippen LogP) is 3.59. The number of hydrogen-bond donors (Lipinski definition) is 1. The standard InChI is InChI=1S/C17H22N2/c1-13-5-4-6-15(11-13)8-10-17(18-3)16-9-7-14(2)19-12-16/h4-7,9,11-12,17-18H,8,10H2,1-3H3. The fourth-order valence-electron chi connectivity index (χ4n) is 2.34. The van der Waals surface area contributed by atoms with Gasteiger partial charge in [-0.25, -0.2) is 0 Å². The number of nitrogens with zero attached hydrogens (tertiary/aromatic N) is 1. The Morgan fingerprint density at radius 1 is 1.16 bits per heavy atom. The van der Waals surface area contributed by atoms with Gasteiger partial charge in [0.2, 0.25) is 0 Å². The quantitative estimate of drug-likeness (QED) is 0.882. The Hall–Kier alpha value is -1.67. The van der Waals surface area contributed by atoms with Crippen LogP contribution in [0.4, 0.5) is 0 Å². The molecule has 1 unspecified atom stereocenters. The van der Waals surface area contributed by atoms with E-state index in [0.29, 0.717) is 6.04 Å². The van der Waals surface area contributed by atoms with Crippen LogP contribution in [0.5, 0.6) is 0 Å². The zero-order valence-corrected chi connectivity index (χ0v) is 12.0.